The number of fused-ring (bicyclic) bond motifs is 1. The van der Waals surface area contributed by atoms with Crippen LogP contribution in [0.1, 0.15) is 39.6 Å². The number of Topliss-reactive ketones (excluding diaryl/α,β-unsaturated/α-hetero) is 1. The van der Waals surface area contributed by atoms with E-state index in [0.29, 0.717) is 17.5 Å². The van der Waals surface area contributed by atoms with Gasteiger partial charge in [-0.1, -0.05) is 30.3 Å². The highest BCUT2D eigenvalue weighted by atomic mass is 32.1. The first-order valence-corrected chi connectivity index (χ1v) is 14.2. The van der Waals surface area contributed by atoms with Gasteiger partial charge in [0, 0.05) is 30.1 Å². The zero-order valence-corrected chi connectivity index (χ0v) is 23.3. The van der Waals surface area contributed by atoms with Crippen LogP contribution in [0.5, 0.6) is 5.75 Å². The smallest absolute Gasteiger partial charge is 0.254 e. The zero-order chi connectivity index (χ0) is 28.9. The number of benzene rings is 3. The van der Waals surface area contributed by atoms with Gasteiger partial charge in [0.1, 0.15) is 11.8 Å². The lowest BCUT2D eigenvalue weighted by Gasteiger charge is -2.35. The Hall–Kier alpha value is -4.57. The number of thiazole rings is 1. The number of ketones is 1. The van der Waals surface area contributed by atoms with Gasteiger partial charge in [-0.25, -0.2) is 4.98 Å². The van der Waals surface area contributed by atoms with Gasteiger partial charge in [0.15, 0.2) is 5.78 Å². The van der Waals surface area contributed by atoms with Crippen LogP contribution in [-0.4, -0.2) is 75.1 Å². The number of hydrogen-bond acceptors (Lipinski definition) is 7. The highest BCUT2D eigenvalue weighted by Crippen LogP contribution is 2.20. The van der Waals surface area contributed by atoms with Crippen molar-refractivity contribution in [1.29, 1.82) is 0 Å². The molecule has 1 aromatic heterocycles. The molecule has 0 aliphatic carbocycles. The Kier molecular flexibility index (Phi) is 8.39. The van der Waals surface area contributed by atoms with Gasteiger partial charge in [-0.05, 0) is 61.4 Å². The minimum atomic E-state index is -0.950. The number of amides is 3. The number of aromatic hydroxyl groups is 1. The maximum atomic E-state index is 13.9. The summed E-state index contributed by atoms with van der Waals surface area (Å²) in [5, 5.41) is 12.6. The topological polar surface area (TPSA) is 120 Å². The highest BCUT2D eigenvalue weighted by Gasteiger charge is 2.33. The third-order valence-electron chi connectivity index (χ3n) is 7.23. The van der Waals surface area contributed by atoms with E-state index in [1.807, 2.05) is 13.0 Å². The van der Waals surface area contributed by atoms with E-state index in [4.69, 9.17) is 0 Å². The second-order valence-electron chi connectivity index (χ2n) is 10.2. The number of rotatable bonds is 6. The maximum Gasteiger partial charge on any atom is 0.254 e. The Labute approximate surface area is 241 Å². The molecule has 0 bridgehead atoms. The van der Waals surface area contributed by atoms with E-state index in [0.717, 1.165) is 15.8 Å². The summed E-state index contributed by atoms with van der Waals surface area (Å²) in [6.07, 6.45) is 0.645. The molecule has 210 valence electrons. The second-order valence-corrected chi connectivity index (χ2v) is 11.1. The lowest BCUT2D eigenvalue weighted by atomic mass is 10.0. The van der Waals surface area contributed by atoms with E-state index in [9.17, 15) is 24.3 Å². The van der Waals surface area contributed by atoms with E-state index in [1.54, 1.807) is 65.0 Å². The van der Waals surface area contributed by atoms with E-state index >= 15 is 0 Å². The first kappa shape index (κ1) is 28.0. The third kappa shape index (κ3) is 6.60. The number of phenolic OH excluding ortho intramolecular Hbond substituents is 1. The van der Waals surface area contributed by atoms with Crippen LogP contribution in [0.15, 0.2) is 78.3 Å². The van der Waals surface area contributed by atoms with Crippen LogP contribution in [0, 0.1) is 0 Å². The molecule has 0 unspecified atom stereocenters. The van der Waals surface area contributed by atoms with Crippen LogP contribution >= 0.6 is 11.3 Å². The molecular weight excluding hydrogens is 540 g/mol. The number of phenols is 1. The van der Waals surface area contributed by atoms with Crippen molar-refractivity contribution in [1.82, 2.24) is 20.1 Å². The molecule has 10 heteroatoms. The molecule has 2 N–H and O–H groups in total. The number of nitrogens with zero attached hydrogens (tertiary/aromatic N) is 3. The van der Waals surface area contributed by atoms with Crippen molar-refractivity contribution >= 4 is 45.1 Å². The van der Waals surface area contributed by atoms with Crippen LogP contribution in [0.4, 0.5) is 0 Å². The summed E-state index contributed by atoms with van der Waals surface area (Å²) in [6, 6.07) is 19.2. The Morgan fingerprint density at radius 1 is 1.02 bits per heavy atom. The molecule has 0 saturated carbocycles. The van der Waals surface area contributed by atoms with Crippen molar-refractivity contribution in [3.63, 3.8) is 0 Å². The fourth-order valence-electron chi connectivity index (χ4n) is 4.92. The number of aromatic nitrogens is 1. The zero-order valence-electron chi connectivity index (χ0n) is 22.5. The summed E-state index contributed by atoms with van der Waals surface area (Å²) in [5.74, 6) is -1.19. The van der Waals surface area contributed by atoms with Crippen LogP contribution < -0.4 is 5.32 Å². The summed E-state index contributed by atoms with van der Waals surface area (Å²) in [7, 11) is 0. The Balaban J connectivity index is 1.34. The van der Waals surface area contributed by atoms with Gasteiger partial charge in [-0.2, -0.15) is 0 Å². The predicted octanol–water partition coefficient (Wildman–Crippen LogP) is 3.68. The molecule has 0 spiro atoms. The fraction of sp³-hybridized carbons (Fsp3) is 0.258. The number of nitrogens with one attached hydrogen (secondary N) is 1. The van der Waals surface area contributed by atoms with Crippen molar-refractivity contribution in [2.45, 2.75) is 31.8 Å². The Morgan fingerprint density at radius 2 is 1.78 bits per heavy atom. The molecule has 2 heterocycles. The lowest BCUT2D eigenvalue weighted by Crippen LogP contribution is -2.55. The summed E-state index contributed by atoms with van der Waals surface area (Å²) in [6.45, 7) is 1.84. The summed E-state index contributed by atoms with van der Waals surface area (Å²) >= 11 is 1.42. The quantitative estimate of drug-likeness (QED) is 0.365. The molecule has 3 aromatic carbocycles. The molecule has 4 aromatic rings. The van der Waals surface area contributed by atoms with Crippen LogP contribution in [0.25, 0.3) is 10.2 Å². The van der Waals surface area contributed by atoms with Crippen molar-refractivity contribution in [3.05, 3.63) is 95.0 Å². The maximum absolute atomic E-state index is 13.9. The van der Waals surface area contributed by atoms with E-state index < -0.39 is 11.9 Å². The van der Waals surface area contributed by atoms with Crippen LogP contribution in [0.3, 0.4) is 0 Å². The van der Waals surface area contributed by atoms with Crippen molar-refractivity contribution in [2.75, 3.05) is 19.6 Å². The Bertz CT molecular complexity index is 1570. The third-order valence-corrected chi connectivity index (χ3v) is 8.02. The van der Waals surface area contributed by atoms with E-state index in [-0.39, 0.29) is 55.4 Å². The first-order valence-electron chi connectivity index (χ1n) is 13.4. The Morgan fingerprint density at radius 3 is 2.54 bits per heavy atom. The van der Waals surface area contributed by atoms with Gasteiger partial charge in [0.25, 0.3) is 11.8 Å². The molecule has 2 atom stereocenters. The number of carbonyl (C=O) groups excluding carboxylic acids is 4. The average Bonchev–Trinajstić information content (AvgIpc) is 3.45. The van der Waals surface area contributed by atoms with Gasteiger partial charge in [-0.15, -0.1) is 11.3 Å². The standard InChI is InChI=1S/C31H30N4O5S/c1-20-13-14-34(17-25(37)18-35(20)30(39)22-5-3-2-4-6-22)31(40)27(15-21-7-10-24(36)11-8-21)33-29(38)23-9-12-26-28(16-23)41-19-32-26/h2-12,16,19-20,27,36H,13-15,17-18H2,1H3,(H,33,38)/t20-,27-/m0/s1. The highest BCUT2D eigenvalue weighted by molar-refractivity contribution is 7.16. The molecule has 1 saturated heterocycles. The first-order chi connectivity index (χ1) is 19.8. The SMILES string of the molecule is C[C@H]1CCN(C(=O)[C@H](Cc2ccc(O)cc2)NC(=O)c2ccc3ncsc3c2)CC(=O)CN1C(=O)c1ccccc1. The summed E-state index contributed by atoms with van der Waals surface area (Å²) in [4.78, 5) is 60.7. The minimum absolute atomic E-state index is 0.0940. The van der Waals surface area contributed by atoms with Gasteiger partial charge >= 0.3 is 0 Å². The molecule has 41 heavy (non-hydrogen) atoms. The number of hydrogen-bond donors (Lipinski definition) is 2. The second kappa shape index (κ2) is 12.3. The van der Waals surface area contributed by atoms with Crippen molar-refractivity contribution in [3.8, 4) is 5.75 Å². The number of carbonyl (C=O) groups is 4. The molecule has 5 rings (SSSR count). The summed E-state index contributed by atoms with van der Waals surface area (Å²) in [5.41, 5.74) is 4.14. The van der Waals surface area contributed by atoms with Crippen molar-refractivity contribution < 1.29 is 24.3 Å². The van der Waals surface area contributed by atoms with E-state index in [1.165, 1.54) is 28.4 Å². The molecule has 1 fully saturated rings. The molecule has 3 amide bonds. The fourth-order valence-corrected chi connectivity index (χ4v) is 5.64. The lowest BCUT2D eigenvalue weighted by molar-refractivity contribution is -0.138. The van der Waals surface area contributed by atoms with Crippen molar-refractivity contribution in [2.24, 2.45) is 0 Å². The molecule has 1 aliphatic rings. The monoisotopic (exact) mass is 570 g/mol. The van der Waals surface area contributed by atoms with Gasteiger partial charge in [0.2, 0.25) is 5.91 Å². The molecular formula is C31H30N4O5S. The van der Waals surface area contributed by atoms with Gasteiger partial charge in [-0.3, -0.25) is 19.2 Å². The molecule has 1 aliphatic heterocycles. The van der Waals surface area contributed by atoms with Crippen LogP contribution in [0.2, 0.25) is 0 Å². The van der Waals surface area contributed by atoms with E-state index in [2.05, 4.69) is 10.3 Å². The van der Waals surface area contributed by atoms with Gasteiger partial charge < -0.3 is 20.2 Å². The average molecular weight is 571 g/mol. The minimum Gasteiger partial charge on any atom is -0.508 e. The largest absolute Gasteiger partial charge is 0.508 e. The normalized spacial score (nSPS) is 16.6. The molecule has 0 radical (unpaired) electrons. The van der Waals surface area contributed by atoms with Crippen LogP contribution in [-0.2, 0) is 16.0 Å². The predicted molar refractivity (Wildman–Crippen MR) is 156 cm³/mol. The summed E-state index contributed by atoms with van der Waals surface area (Å²) < 4.78 is 0.858. The molecule has 9 nitrogen and oxygen atoms in total. The van der Waals surface area contributed by atoms with Gasteiger partial charge in [0.05, 0.1) is 28.8 Å².